The van der Waals surface area contributed by atoms with Crippen molar-refractivity contribution in [1.29, 1.82) is 5.26 Å². The molecular formula is C15H13FN2OS. The van der Waals surface area contributed by atoms with Crippen molar-refractivity contribution >= 4 is 22.2 Å². The molecule has 0 saturated carbocycles. The molecule has 20 heavy (non-hydrogen) atoms. The second kappa shape index (κ2) is 5.43. The van der Waals surface area contributed by atoms with E-state index in [1.165, 1.54) is 17.4 Å². The van der Waals surface area contributed by atoms with Crippen LogP contribution < -0.4 is 5.32 Å². The summed E-state index contributed by atoms with van der Waals surface area (Å²) in [5.41, 5.74) is 1.68. The molecule has 3 nitrogen and oxygen atoms in total. The van der Waals surface area contributed by atoms with Crippen molar-refractivity contribution in [3.05, 3.63) is 51.1 Å². The Labute approximate surface area is 120 Å². The number of nitriles is 1. The minimum atomic E-state index is -0.538. The van der Waals surface area contributed by atoms with Gasteiger partial charge in [0, 0.05) is 4.88 Å². The number of nitrogens with zero attached hydrogens (tertiary/aromatic N) is 1. The summed E-state index contributed by atoms with van der Waals surface area (Å²) < 4.78 is 13.9. The Morgan fingerprint density at radius 1 is 1.35 bits per heavy atom. The van der Waals surface area contributed by atoms with Crippen molar-refractivity contribution in [2.75, 3.05) is 5.32 Å². The molecule has 1 aromatic carbocycles. The van der Waals surface area contributed by atoms with Crippen LogP contribution >= 0.6 is 11.3 Å². The zero-order valence-electron chi connectivity index (χ0n) is 11.4. The minimum Gasteiger partial charge on any atom is -0.312 e. The van der Waals surface area contributed by atoms with E-state index < -0.39 is 11.7 Å². The largest absolute Gasteiger partial charge is 0.312 e. The molecule has 0 saturated heterocycles. The molecule has 2 rings (SSSR count). The minimum absolute atomic E-state index is 0.0161. The fourth-order valence-electron chi connectivity index (χ4n) is 1.84. The van der Waals surface area contributed by atoms with E-state index in [1.54, 1.807) is 19.1 Å². The lowest BCUT2D eigenvalue weighted by Gasteiger charge is -2.06. The van der Waals surface area contributed by atoms with Crippen LogP contribution in [0.1, 0.15) is 31.9 Å². The second-order valence-electron chi connectivity index (χ2n) is 4.49. The van der Waals surface area contributed by atoms with Gasteiger partial charge in [0.2, 0.25) is 0 Å². The van der Waals surface area contributed by atoms with Gasteiger partial charge in [-0.2, -0.15) is 5.26 Å². The summed E-state index contributed by atoms with van der Waals surface area (Å²) >= 11 is 1.32. The Morgan fingerprint density at radius 3 is 2.70 bits per heavy atom. The van der Waals surface area contributed by atoms with Gasteiger partial charge in [-0.25, -0.2) is 4.39 Å². The van der Waals surface area contributed by atoms with E-state index in [1.807, 2.05) is 13.8 Å². The average Bonchev–Trinajstić information content (AvgIpc) is 2.67. The van der Waals surface area contributed by atoms with E-state index >= 15 is 0 Å². The summed E-state index contributed by atoms with van der Waals surface area (Å²) in [6.45, 7) is 5.31. The van der Waals surface area contributed by atoms with Gasteiger partial charge in [0.15, 0.2) is 0 Å². The number of carbonyl (C=O) groups excluding carboxylic acids is 1. The second-order valence-corrected chi connectivity index (χ2v) is 5.71. The molecule has 102 valence electrons. The predicted octanol–water partition coefficient (Wildman–Crippen LogP) is 3.94. The van der Waals surface area contributed by atoms with Crippen LogP contribution in [-0.2, 0) is 0 Å². The number of halogens is 1. The molecule has 0 aliphatic carbocycles. The Bertz CT molecular complexity index is 728. The molecule has 1 N–H and O–H groups in total. The average molecular weight is 288 g/mol. The lowest BCUT2D eigenvalue weighted by Crippen LogP contribution is -2.14. The van der Waals surface area contributed by atoms with Crippen LogP contribution in [0.15, 0.2) is 18.2 Å². The number of nitrogens with one attached hydrogen (secondary N) is 1. The number of amides is 1. The zero-order valence-corrected chi connectivity index (χ0v) is 12.2. The molecular weight excluding hydrogens is 275 g/mol. The Hall–Kier alpha value is -2.19. The molecule has 2 aromatic rings. The summed E-state index contributed by atoms with van der Waals surface area (Å²) in [7, 11) is 0. The normalized spacial score (nSPS) is 10.2. The molecule has 0 spiro atoms. The van der Waals surface area contributed by atoms with Gasteiger partial charge in [-0.1, -0.05) is 12.1 Å². The van der Waals surface area contributed by atoms with Gasteiger partial charge in [-0.3, -0.25) is 4.79 Å². The monoisotopic (exact) mass is 288 g/mol. The maximum absolute atomic E-state index is 13.9. The highest BCUT2D eigenvalue weighted by Crippen LogP contribution is 2.32. The predicted molar refractivity (Wildman–Crippen MR) is 77.6 cm³/mol. The van der Waals surface area contributed by atoms with Crippen LogP contribution in [0, 0.1) is 37.9 Å². The van der Waals surface area contributed by atoms with Crippen molar-refractivity contribution in [2.24, 2.45) is 0 Å². The van der Waals surface area contributed by atoms with Crippen LogP contribution in [0.25, 0.3) is 0 Å². The van der Waals surface area contributed by atoms with E-state index in [9.17, 15) is 9.18 Å². The molecule has 1 heterocycles. The number of carbonyl (C=O) groups is 1. The summed E-state index contributed by atoms with van der Waals surface area (Å²) in [6.07, 6.45) is 0. The van der Waals surface area contributed by atoms with Crippen LogP contribution in [-0.4, -0.2) is 5.91 Å². The fourth-order valence-corrected chi connectivity index (χ4v) is 2.85. The van der Waals surface area contributed by atoms with Crippen LogP contribution in [0.3, 0.4) is 0 Å². The highest BCUT2D eigenvalue weighted by atomic mass is 32.1. The van der Waals surface area contributed by atoms with Crippen LogP contribution in [0.4, 0.5) is 9.39 Å². The molecule has 0 radical (unpaired) electrons. The number of rotatable bonds is 2. The highest BCUT2D eigenvalue weighted by molar-refractivity contribution is 7.16. The van der Waals surface area contributed by atoms with Crippen molar-refractivity contribution < 1.29 is 9.18 Å². The first-order valence-electron chi connectivity index (χ1n) is 6.02. The molecule has 0 aliphatic rings. The number of benzene rings is 1. The third-order valence-electron chi connectivity index (χ3n) is 3.16. The Balaban J connectivity index is 2.36. The van der Waals surface area contributed by atoms with E-state index in [0.29, 0.717) is 16.1 Å². The number of aryl methyl sites for hydroxylation is 2. The number of hydrogen-bond acceptors (Lipinski definition) is 3. The SMILES string of the molecule is Cc1cccc(C(=O)Nc2sc(C)c(C)c2C#N)c1F. The highest BCUT2D eigenvalue weighted by Gasteiger charge is 2.18. The van der Waals surface area contributed by atoms with E-state index in [0.717, 1.165) is 10.4 Å². The zero-order chi connectivity index (χ0) is 14.9. The topological polar surface area (TPSA) is 52.9 Å². The van der Waals surface area contributed by atoms with Gasteiger partial charge >= 0.3 is 0 Å². The molecule has 0 fully saturated rings. The Morgan fingerprint density at radius 2 is 2.05 bits per heavy atom. The first-order valence-corrected chi connectivity index (χ1v) is 6.84. The van der Waals surface area contributed by atoms with Gasteiger partial charge in [0.1, 0.15) is 16.9 Å². The molecule has 5 heteroatoms. The molecule has 0 aliphatic heterocycles. The summed E-state index contributed by atoms with van der Waals surface area (Å²) in [4.78, 5) is 13.1. The third kappa shape index (κ3) is 2.43. The molecule has 0 bridgehead atoms. The molecule has 0 atom stereocenters. The van der Waals surface area contributed by atoms with Crippen molar-refractivity contribution in [2.45, 2.75) is 20.8 Å². The van der Waals surface area contributed by atoms with Crippen LogP contribution in [0.5, 0.6) is 0 Å². The van der Waals surface area contributed by atoms with Gasteiger partial charge in [0.05, 0.1) is 11.1 Å². The third-order valence-corrected chi connectivity index (χ3v) is 4.28. The first kappa shape index (κ1) is 14.2. The first-order chi connectivity index (χ1) is 9.45. The molecule has 0 unspecified atom stereocenters. The fraction of sp³-hybridized carbons (Fsp3) is 0.200. The van der Waals surface area contributed by atoms with Crippen LogP contribution in [0.2, 0.25) is 0 Å². The maximum Gasteiger partial charge on any atom is 0.259 e. The lowest BCUT2D eigenvalue weighted by molar-refractivity contribution is 0.102. The Kier molecular flexibility index (Phi) is 3.86. The van der Waals surface area contributed by atoms with Crippen molar-refractivity contribution in [3.63, 3.8) is 0 Å². The van der Waals surface area contributed by atoms with Gasteiger partial charge in [-0.15, -0.1) is 11.3 Å². The number of anilines is 1. The number of thiophene rings is 1. The van der Waals surface area contributed by atoms with Gasteiger partial charge in [-0.05, 0) is 38.0 Å². The molecule has 1 aromatic heterocycles. The summed E-state index contributed by atoms with van der Waals surface area (Å²) in [5, 5.41) is 12.2. The summed E-state index contributed by atoms with van der Waals surface area (Å²) in [6, 6.07) is 6.73. The lowest BCUT2D eigenvalue weighted by atomic mass is 10.1. The van der Waals surface area contributed by atoms with Crippen molar-refractivity contribution in [1.82, 2.24) is 0 Å². The van der Waals surface area contributed by atoms with Crippen molar-refractivity contribution in [3.8, 4) is 6.07 Å². The smallest absolute Gasteiger partial charge is 0.259 e. The van der Waals surface area contributed by atoms with E-state index in [-0.39, 0.29) is 5.56 Å². The maximum atomic E-state index is 13.9. The number of hydrogen-bond donors (Lipinski definition) is 1. The standard InChI is InChI=1S/C15H13FN2OS/c1-8-5-4-6-11(13(8)16)14(19)18-15-12(7-17)9(2)10(3)20-15/h4-6H,1-3H3,(H,18,19). The van der Waals surface area contributed by atoms with Gasteiger partial charge < -0.3 is 5.32 Å². The quantitative estimate of drug-likeness (QED) is 0.910. The molecule has 1 amide bonds. The van der Waals surface area contributed by atoms with E-state index in [4.69, 9.17) is 5.26 Å². The van der Waals surface area contributed by atoms with Gasteiger partial charge in [0.25, 0.3) is 5.91 Å². The van der Waals surface area contributed by atoms with E-state index in [2.05, 4.69) is 11.4 Å². The summed E-state index contributed by atoms with van der Waals surface area (Å²) in [5.74, 6) is -1.07.